The third-order valence-electron chi connectivity index (χ3n) is 7.31. The quantitative estimate of drug-likeness (QED) is 0.161. The van der Waals surface area contributed by atoms with Gasteiger partial charge in [-0.25, -0.2) is 9.36 Å². The van der Waals surface area contributed by atoms with Gasteiger partial charge in [0.25, 0.3) is 0 Å². The molecule has 1 heterocycles. The van der Waals surface area contributed by atoms with Crippen LogP contribution in [-0.2, 0) is 41.9 Å². The molecule has 0 spiro atoms. The van der Waals surface area contributed by atoms with Crippen LogP contribution in [0.1, 0.15) is 97.8 Å². The number of amides is 1. The molecule has 1 amide bonds. The lowest BCUT2D eigenvalue weighted by Gasteiger charge is -2.36. The maximum absolute atomic E-state index is 14.2. The summed E-state index contributed by atoms with van der Waals surface area (Å²) >= 11 is 12.0. The van der Waals surface area contributed by atoms with Crippen molar-refractivity contribution in [3.63, 3.8) is 0 Å². The smallest absolute Gasteiger partial charge is 0.475 e. The second kappa shape index (κ2) is 15.5. The molecule has 1 aliphatic heterocycles. The monoisotopic (exact) mass is 739 g/mol. The fraction of sp³-hybridized carbons (Fsp3) is 0.618. The topological polar surface area (TPSA) is 92.3 Å². The molecule has 270 valence electrons. The summed E-state index contributed by atoms with van der Waals surface area (Å²) in [6, 6.07) is 9.12. The molecule has 1 fully saturated rings. The molecule has 0 bridgehead atoms. The molecule has 1 aliphatic rings. The predicted molar refractivity (Wildman–Crippen MR) is 181 cm³/mol. The number of hydrogen-bond donors (Lipinski definition) is 1. The van der Waals surface area contributed by atoms with E-state index in [4.69, 9.17) is 46.2 Å². The van der Waals surface area contributed by atoms with Gasteiger partial charge in [-0.05, 0) is 129 Å². The predicted octanol–water partition coefficient (Wildman–Crippen LogP) is 10.7. The minimum atomic E-state index is -4.68. The van der Waals surface area contributed by atoms with Gasteiger partial charge in [0.2, 0.25) is 0 Å². The second-order valence-electron chi connectivity index (χ2n) is 14.7. The Morgan fingerprint density at radius 2 is 1.50 bits per heavy atom. The summed E-state index contributed by atoms with van der Waals surface area (Å²) in [5.41, 5.74) is -3.43. The van der Waals surface area contributed by atoms with E-state index < -0.39 is 48.0 Å². The van der Waals surface area contributed by atoms with Crippen molar-refractivity contribution in [2.45, 2.75) is 122 Å². The Balaban J connectivity index is 1.81. The van der Waals surface area contributed by atoms with E-state index in [-0.39, 0.29) is 31.8 Å². The number of hydrogen-bond acceptors (Lipinski definition) is 7. The number of nitrogens with one attached hydrogen (secondary N) is 1. The highest BCUT2D eigenvalue weighted by atomic mass is 35.5. The third-order valence-corrected chi connectivity index (χ3v) is 10.0. The maximum Gasteiger partial charge on any atom is 0.475 e. The molecule has 2 aromatic carbocycles. The Labute approximate surface area is 291 Å². The van der Waals surface area contributed by atoms with E-state index >= 15 is 0 Å². The van der Waals surface area contributed by atoms with Crippen molar-refractivity contribution in [1.82, 2.24) is 5.32 Å². The van der Waals surface area contributed by atoms with Crippen LogP contribution in [0.4, 0.5) is 18.0 Å². The summed E-state index contributed by atoms with van der Waals surface area (Å²) < 4.78 is 85.0. The van der Waals surface area contributed by atoms with Gasteiger partial charge in [0, 0.05) is 0 Å². The van der Waals surface area contributed by atoms with Crippen LogP contribution in [0.2, 0.25) is 10.0 Å². The van der Waals surface area contributed by atoms with Gasteiger partial charge in [0.15, 0.2) is 0 Å². The molecule has 1 atom stereocenters. The summed E-state index contributed by atoms with van der Waals surface area (Å²) in [6.45, 7) is 13.5. The number of alkyl halides is 3. The van der Waals surface area contributed by atoms with Crippen LogP contribution in [0.25, 0.3) is 0 Å². The van der Waals surface area contributed by atoms with Crippen LogP contribution in [0.15, 0.2) is 36.4 Å². The van der Waals surface area contributed by atoms with Gasteiger partial charge in [-0.2, -0.15) is 13.2 Å². The van der Waals surface area contributed by atoms with Gasteiger partial charge in [-0.15, -0.1) is 0 Å². The summed E-state index contributed by atoms with van der Waals surface area (Å²) in [5.74, 6) is -0.282. The number of ether oxygens (including phenoxy) is 2. The van der Waals surface area contributed by atoms with Crippen LogP contribution in [0, 0.1) is 0 Å². The molecule has 0 radical (unpaired) electrons. The van der Waals surface area contributed by atoms with Gasteiger partial charge >= 0.3 is 20.1 Å². The number of benzene rings is 2. The third kappa shape index (κ3) is 13.0. The van der Waals surface area contributed by atoms with Crippen LogP contribution in [0.5, 0.6) is 5.75 Å². The van der Waals surface area contributed by atoms with Crippen LogP contribution in [-0.4, -0.2) is 41.6 Å². The van der Waals surface area contributed by atoms with Crippen molar-refractivity contribution in [1.29, 1.82) is 0 Å². The Hall–Kier alpha value is -2.01. The molecular weight excluding hydrogens is 693 g/mol. The van der Waals surface area contributed by atoms with Crippen molar-refractivity contribution >= 4 is 37.1 Å². The number of rotatable bonds is 13. The van der Waals surface area contributed by atoms with Crippen LogP contribution in [0.3, 0.4) is 0 Å². The van der Waals surface area contributed by atoms with Gasteiger partial charge < -0.3 is 14.8 Å². The molecule has 1 unspecified atom stereocenters. The highest BCUT2D eigenvalue weighted by molar-refractivity contribution is 7.48. The summed E-state index contributed by atoms with van der Waals surface area (Å²) in [5, 5.41) is 3.68. The first-order valence-electron chi connectivity index (χ1n) is 15.8. The number of phosphoric acid groups is 1. The lowest BCUT2D eigenvalue weighted by atomic mass is 9.84. The van der Waals surface area contributed by atoms with E-state index in [0.717, 1.165) is 11.6 Å². The highest BCUT2D eigenvalue weighted by Gasteiger charge is 2.44. The van der Waals surface area contributed by atoms with Crippen molar-refractivity contribution < 1.29 is 45.6 Å². The average Bonchev–Trinajstić information content (AvgIpc) is 3.03. The standard InChI is InChI=1S/C34H47Cl2F3NO7P/c1-30(2,3)46-48(42,47-31(4,5)6)44-22-33(18-17-32(7,8)45-29(41)40-33)16-15-24-12-14-28(25(20-24)34(37,38)39)43-19-9-10-23-11-13-26(35)27(36)21-23/h11-14,20-21H,9-10,15-19,22H2,1-8H3,(H,40,41). The second-order valence-corrected chi connectivity index (χ2v) is 17.0. The molecule has 3 rings (SSSR count). The Morgan fingerprint density at radius 3 is 2.08 bits per heavy atom. The number of aryl methyl sites for hydroxylation is 2. The molecular formula is C34H47Cl2F3NO7P. The molecule has 0 aromatic heterocycles. The van der Waals surface area contributed by atoms with E-state index in [1.807, 2.05) is 0 Å². The Kier molecular flexibility index (Phi) is 13.0. The van der Waals surface area contributed by atoms with Gasteiger partial charge in [0.1, 0.15) is 11.4 Å². The maximum atomic E-state index is 14.2. The highest BCUT2D eigenvalue weighted by Crippen LogP contribution is 2.56. The molecule has 8 nitrogen and oxygen atoms in total. The molecule has 0 aliphatic carbocycles. The first-order chi connectivity index (χ1) is 21.9. The molecule has 1 N–H and O–H groups in total. The first-order valence-corrected chi connectivity index (χ1v) is 18.0. The molecule has 0 saturated carbocycles. The summed E-state index contributed by atoms with van der Waals surface area (Å²) in [7, 11) is -4.18. The Bertz CT molecular complexity index is 1450. The minimum absolute atomic E-state index is 0.0538. The zero-order valence-electron chi connectivity index (χ0n) is 28.8. The number of alkyl carbamates (subject to hydrolysis) is 1. The zero-order valence-corrected chi connectivity index (χ0v) is 31.2. The van der Waals surface area contributed by atoms with E-state index in [2.05, 4.69) is 5.32 Å². The number of halogens is 5. The molecule has 14 heteroatoms. The SMILES string of the molecule is CC(C)(C)OP(=O)(OCC1(CCc2ccc(OCCCc3ccc(Cl)c(Cl)c3)c(C(F)(F)F)c2)CCC(C)(C)OC(=O)N1)OC(C)(C)C. The van der Waals surface area contributed by atoms with Crippen molar-refractivity contribution in [2.24, 2.45) is 0 Å². The number of carbonyl (C=O) groups is 1. The van der Waals surface area contributed by atoms with E-state index in [0.29, 0.717) is 41.3 Å². The average molecular weight is 741 g/mol. The molecule has 48 heavy (non-hydrogen) atoms. The summed E-state index contributed by atoms with van der Waals surface area (Å²) in [4.78, 5) is 12.9. The van der Waals surface area contributed by atoms with Crippen molar-refractivity contribution in [2.75, 3.05) is 13.2 Å². The van der Waals surface area contributed by atoms with E-state index in [9.17, 15) is 22.5 Å². The molecule has 1 saturated heterocycles. The van der Waals surface area contributed by atoms with Crippen LogP contribution < -0.4 is 10.1 Å². The number of phosphoric ester groups is 1. The van der Waals surface area contributed by atoms with Gasteiger partial charge in [-0.1, -0.05) is 35.3 Å². The first kappa shape index (κ1) is 40.4. The number of cyclic esters (lactones) is 1. The normalized spacial score (nSPS) is 19.0. The van der Waals surface area contributed by atoms with Gasteiger partial charge in [0.05, 0.1) is 45.6 Å². The number of carbonyl (C=O) groups excluding carboxylic acids is 1. The van der Waals surface area contributed by atoms with Gasteiger partial charge in [-0.3, -0.25) is 13.6 Å². The fourth-order valence-electron chi connectivity index (χ4n) is 5.08. The lowest BCUT2D eigenvalue weighted by Crippen LogP contribution is -2.51. The largest absolute Gasteiger partial charge is 0.493 e. The van der Waals surface area contributed by atoms with Crippen LogP contribution >= 0.6 is 31.0 Å². The molecule has 2 aromatic rings. The fourth-order valence-corrected chi connectivity index (χ4v) is 7.29. The zero-order chi connectivity index (χ0) is 36.2. The minimum Gasteiger partial charge on any atom is -0.493 e. The van der Waals surface area contributed by atoms with E-state index in [1.54, 1.807) is 79.7 Å². The lowest BCUT2D eigenvalue weighted by molar-refractivity contribution is -0.139. The Morgan fingerprint density at radius 1 is 0.896 bits per heavy atom. The summed E-state index contributed by atoms with van der Waals surface area (Å²) in [6.07, 6.45) is -3.40. The van der Waals surface area contributed by atoms with Crippen molar-refractivity contribution in [3.05, 3.63) is 63.1 Å². The van der Waals surface area contributed by atoms with E-state index in [1.165, 1.54) is 6.07 Å². The van der Waals surface area contributed by atoms with Crippen molar-refractivity contribution in [3.8, 4) is 5.75 Å².